The second-order valence-corrected chi connectivity index (χ2v) is 26.0. The Kier molecular flexibility index (Phi) is 19.7. The van der Waals surface area contributed by atoms with Crippen LogP contribution >= 0.6 is 0 Å². The van der Waals surface area contributed by atoms with Gasteiger partial charge in [0.05, 0.1) is 18.4 Å². The molecule has 1 aliphatic rings. The van der Waals surface area contributed by atoms with Crippen LogP contribution in [0.5, 0.6) is 11.5 Å². The average molecular weight is 964 g/mol. The van der Waals surface area contributed by atoms with Gasteiger partial charge in [-0.15, -0.1) is 0 Å². The normalized spacial score (nSPS) is 16.1. The maximum atomic E-state index is 11.7. The van der Waals surface area contributed by atoms with E-state index in [9.17, 15) is 4.79 Å². The quantitative estimate of drug-likeness (QED) is 0.0308. The standard InChI is InChI=1S/C61H81N3O5Si/c1-46(2)64(47(3)4)38-35-55(52-24-18-13-19-25-52)61(8)41-49(28-33-59(61)68-44-51-22-16-12-17-23-51)36-39-66-54-30-26-48(27-31-54)34-37-62-42-58(69-70(9,10)60(5,6)7)53-29-32-57(56(40-53)63-45-65)67-43-50-20-14-11-15-21-50/h11-33,40,45-47,55,58,62H,34-39,41-44H2,1-10H3,(H,63,65)/t55-,58+,61?/m1/s1. The Labute approximate surface area is 422 Å². The molecule has 0 spiro atoms. The maximum absolute atomic E-state index is 11.7. The lowest BCUT2D eigenvalue weighted by molar-refractivity contribution is -0.105. The number of benzene rings is 5. The van der Waals surface area contributed by atoms with E-state index in [1.807, 2.05) is 42.5 Å². The van der Waals surface area contributed by atoms with E-state index in [4.69, 9.17) is 18.6 Å². The SMILES string of the molecule is CC(C)N(CC[C@H](c1ccccc1)C1(C)CC(CCOc2ccc(CCNC[C@H](O[Si](C)(C)C(C)(C)C)c3ccc(OCc4ccccc4)c(NC=O)c3)cc2)=CC=C1OCc1ccccc1)C(C)C. The molecular weight excluding hydrogens is 883 g/mol. The number of carbonyl (C=O) groups is 1. The molecule has 70 heavy (non-hydrogen) atoms. The summed E-state index contributed by atoms with van der Waals surface area (Å²) in [6.45, 7) is 27.0. The summed E-state index contributed by atoms with van der Waals surface area (Å²) in [7, 11) is -2.16. The molecule has 0 aliphatic heterocycles. The second-order valence-electron chi connectivity index (χ2n) is 21.3. The van der Waals surface area contributed by atoms with Gasteiger partial charge in [0.2, 0.25) is 6.41 Å². The predicted octanol–water partition coefficient (Wildman–Crippen LogP) is 14.2. The molecule has 5 aromatic rings. The Morgan fingerprint density at radius 1 is 0.714 bits per heavy atom. The van der Waals surface area contributed by atoms with Crippen LogP contribution < -0.4 is 20.1 Å². The number of nitrogens with one attached hydrogen (secondary N) is 2. The number of hydrogen-bond donors (Lipinski definition) is 2. The van der Waals surface area contributed by atoms with E-state index in [0.717, 1.165) is 61.4 Å². The number of allylic oxidation sites excluding steroid dienone is 3. The van der Waals surface area contributed by atoms with Crippen molar-refractivity contribution in [3.8, 4) is 11.5 Å². The van der Waals surface area contributed by atoms with Crippen molar-refractivity contribution in [3.05, 3.63) is 185 Å². The molecule has 374 valence electrons. The summed E-state index contributed by atoms with van der Waals surface area (Å²) in [5, 5.41) is 6.59. The predicted molar refractivity (Wildman–Crippen MR) is 292 cm³/mol. The molecule has 1 amide bonds. The summed E-state index contributed by atoms with van der Waals surface area (Å²) in [5.74, 6) is 2.81. The van der Waals surface area contributed by atoms with Gasteiger partial charge in [-0.2, -0.15) is 0 Å². The molecule has 2 N–H and O–H groups in total. The Morgan fingerprint density at radius 2 is 1.33 bits per heavy atom. The van der Waals surface area contributed by atoms with E-state index in [2.05, 4.69) is 187 Å². The fraction of sp³-hybridized carbons (Fsp3) is 0.426. The van der Waals surface area contributed by atoms with Crippen LogP contribution in [0, 0.1) is 5.41 Å². The number of nitrogens with zero attached hydrogens (tertiary/aromatic N) is 1. The van der Waals surface area contributed by atoms with Crippen molar-refractivity contribution in [3.63, 3.8) is 0 Å². The number of ether oxygens (including phenoxy) is 3. The van der Waals surface area contributed by atoms with Gasteiger partial charge in [-0.05, 0) is 142 Å². The van der Waals surface area contributed by atoms with Crippen LogP contribution in [0.25, 0.3) is 0 Å². The van der Waals surface area contributed by atoms with E-state index in [1.165, 1.54) is 22.3 Å². The first-order valence-electron chi connectivity index (χ1n) is 25.5. The van der Waals surface area contributed by atoms with Gasteiger partial charge in [0.25, 0.3) is 0 Å². The molecule has 5 aromatic carbocycles. The highest BCUT2D eigenvalue weighted by atomic mass is 28.4. The number of rotatable bonds is 27. The summed E-state index contributed by atoms with van der Waals surface area (Å²) < 4.78 is 26.4. The van der Waals surface area contributed by atoms with Crippen molar-refractivity contribution in [1.29, 1.82) is 0 Å². The van der Waals surface area contributed by atoms with Crippen molar-refractivity contribution in [2.24, 2.45) is 5.41 Å². The minimum atomic E-state index is -2.16. The number of hydrogen-bond acceptors (Lipinski definition) is 7. The van der Waals surface area contributed by atoms with E-state index in [1.54, 1.807) is 0 Å². The minimum absolute atomic E-state index is 0.0261. The van der Waals surface area contributed by atoms with Crippen LogP contribution in [0.2, 0.25) is 18.1 Å². The molecule has 0 saturated carbocycles. The second kappa shape index (κ2) is 25.6. The van der Waals surface area contributed by atoms with Gasteiger partial charge < -0.3 is 29.3 Å². The highest BCUT2D eigenvalue weighted by Crippen LogP contribution is 2.51. The molecule has 0 bridgehead atoms. The Hall–Kier alpha value is -5.45. The Bertz CT molecular complexity index is 2410. The van der Waals surface area contributed by atoms with Crippen molar-refractivity contribution in [2.45, 2.75) is 137 Å². The summed E-state index contributed by atoms with van der Waals surface area (Å²) in [6.07, 6.45) is 8.63. The van der Waals surface area contributed by atoms with Crippen molar-refractivity contribution < 1.29 is 23.4 Å². The lowest BCUT2D eigenvalue weighted by Crippen LogP contribution is -2.43. The third-order valence-electron chi connectivity index (χ3n) is 14.4. The van der Waals surface area contributed by atoms with Gasteiger partial charge in [0.1, 0.15) is 30.5 Å². The fourth-order valence-electron chi connectivity index (χ4n) is 9.41. The van der Waals surface area contributed by atoms with Crippen LogP contribution in [0.4, 0.5) is 5.69 Å². The molecule has 0 radical (unpaired) electrons. The topological polar surface area (TPSA) is 81.3 Å². The number of carbonyl (C=O) groups excluding carboxylic acids is 1. The molecule has 0 fully saturated rings. The smallest absolute Gasteiger partial charge is 0.211 e. The molecule has 3 atom stereocenters. The van der Waals surface area contributed by atoms with E-state index < -0.39 is 8.32 Å². The zero-order chi connectivity index (χ0) is 50.2. The maximum Gasteiger partial charge on any atom is 0.211 e. The highest BCUT2D eigenvalue weighted by molar-refractivity contribution is 6.74. The average Bonchev–Trinajstić information content (AvgIpc) is 3.34. The first-order valence-corrected chi connectivity index (χ1v) is 28.5. The van der Waals surface area contributed by atoms with Crippen molar-refractivity contribution in [2.75, 3.05) is 31.6 Å². The summed E-state index contributed by atoms with van der Waals surface area (Å²) in [4.78, 5) is 14.3. The zero-order valence-electron chi connectivity index (χ0n) is 43.8. The van der Waals surface area contributed by atoms with E-state index >= 15 is 0 Å². The molecule has 0 aromatic heterocycles. The zero-order valence-corrected chi connectivity index (χ0v) is 44.8. The summed E-state index contributed by atoms with van der Waals surface area (Å²) >= 11 is 0. The van der Waals surface area contributed by atoms with Gasteiger partial charge in [-0.1, -0.05) is 149 Å². The van der Waals surface area contributed by atoms with E-state index in [0.29, 0.717) is 56.3 Å². The molecule has 9 heteroatoms. The molecule has 6 rings (SSSR count). The third kappa shape index (κ3) is 15.3. The molecule has 0 saturated heterocycles. The summed E-state index contributed by atoms with van der Waals surface area (Å²) in [6, 6.07) is 47.0. The van der Waals surface area contributed by atoms with Crippen LogP contribution in [0.15, 0.2) is 157 Å². The Balaban J connectivity index is 1.08. The van der Waals surface area contributed by atoms with Crippen LogP contribution in [-0.2, 0) is 33.6 Å². The summed E-state index contributed by atoms with van der Waals surface area (Å²) in [5.41, 5.74) is 7.57. The van der Waals surface area contributed by atoms with Gasteiger partial charge in [0, 0.05) is 30.5 Å². The van der Waals surface area contributed by atoms with Gasteiger partial charge in [0.15, 0.2) is 8.32 Å². The molecule has 8 nitrogen and oxygen atoms in total. The van der Waals surface area contributed by atoms with Gasteiger partial charge in [-0.25, -0.2) is 0 Å². The Morgan fingerprint density at radius 3 is 1.93 bits per heavy atom. The molecular formula is C61H81N3O5Si. The lowest BCUT2D eigenvalue weighted by atomic mass is 9.65. The largest absolute Gasteiger partial charge is 0.493 e. The van der Waals surface area contributed by atoms with Crippen molar-refractivity contribution in [1.82, 2.24) is 10.2 Å². The fourth-order valence-corrected chi connectivity index (χ4v) is 10.7. The molecule has 0 heterocycles. The highest BCUT2D eigenvalue weighted by Gasteiger charge is 2.43. The lowest BCUT2D eigenvalue weighted by Gasteiger charge is -2.43. The first kappa shape index (κ1) is 53.9. The van der Waals surface area contributed by atoms with Crippen LogP contribution in [0.1, 0.15) is 114 Å². The van der Waals surface area contributed by atoms with Crippen LogP contribution in [-0.4, -0.2) is 58.0 Å². The van der Waals surface area contributed by atoms with Gasteiger partial charge in [-0.3, -0.25) is 9.69 Å². The number of amides is 1. The van der Waals surface area contributed by atoms with E-state index in [-0.39, 0.29) is 22.5 Å². The van der Waals surface area contributed by atoms with Crippen molar-refractivity contribution >= 4 is 20.4 Å². The minimum Gasteiger partial charge on any atom is -0.493 e. The molecule has 1 aliphatic carbocycles. The first-order chi connectivity index (χ1) is 33.6. The van der Waals surface area contributed by atoms with Crippen LogP contribution in [0.3, 0.4) is 0 Å². The monoisotopic (exact) mass is 964 g/mol. The third-order valence-corrected chi connectivity index (χ3v) is 18.9. The number of anilines is 1. The van der Waals surface area contributed by atoms with Gasteiger partial charge >= 0.3 is 0 Å². The molecule has 1 unspecified atom stereocenters.